The van der Waals surface area contributed by atoms with Crippen LogP contribution in [0.2, 0.25) is 0 Å². The minimum absolute atomic E-state index is 0.250. The van der Waals surface area contributed by atoms with E-state index in [2.05, 4.69) is 49.9 Å². The molecule has 0 aliphatic rings. The van der Waals surface area contributed by atoms with E-state index in [1.165, 1.54) is 89.9 Å². The summed E-state index contributed by atoms with van der Waals surface area (Å²) in [6.45, 7) is 17.8. The fraction of sp³-hybridized carbons (Fsp3) is 0.771. The van der Waals surface area contributed by atoms with Crippen molar-refractivity contribution in [2.75, 3.05) is 6.61 Å². The number of nitrogens with zero attached hydrogens (tertiary/aromatic N) is 2. The van der Waals surface area contributed by atoms with Crippen LogP contribution in [0.1, 0.15) is 163 Å². The van der Waals surface area contributed by atoms with Crippen molar-refractivity contribution in [3.05, 3.63) is 35.7 Å². The van der Waals surface area contributed by atoms with Crippen LogP contribution in [0.3, 0.4) is 0 Å². The number of unbranched alkanes of at least 4 members (excludes halogenated alkanes) is 14. The SMILES string of the molecule is CC/C=C\CCCCCCCCC.CCCC#N.O=C=O.[C-]#[N+]C(CCCCCCCC/C=C\CC)C(=O)OCC. The number of hydrogen-bond donors (Lipinski definition) is 0. The zero-order valence-corrected chi connectivity index (χ0v) is 27.3. The van der Waals surface area contributed by atoms with Crippen LogP contribution in [0.25, 0.3) is 4.85 Å². The zero-order chi connectivity index (χ0) is 31.7. The molecular weight excluding hydrogens is 512 g/mol. The smallest absolute Gasteiger partial charge is 0.390 e. The van der Waals surface area contributed by atoms with Crippen LogP contribution in [0.4, 0.5) is 0 Å². The van der Waals surface area contributed by atoms with Gasteiger partial charge in [-0.2, -0.15) is 14.9 Å². The number of ether oxygens (including phenoxy) is 1. The summed E-state index contributed by atoms with van der Waals surface area (Å²) in [6.07, 6.45) is 33.5. The Morgan fingerprint density at radius 1 is 0.732 bits per heavy atom. The molecule has 0 aromatic heterocycles. The first kappa shape index (κ1) is 45.3. The van der Waals surface area contributed by atoms with Crippen molar-refractivity contribution in [2.45, 2.75) is 169 Å². The van der Waals surface area contributed by atoms with Gasteiger partial charge in [0.1, 0.15) is 0 Å². The van der Waals surface area contributed by atoms with Crippen LogP contribution in [-0.4, -0.2) is 24.8 Å². The lowest BCUT2D eigenvalue weighted by Gasteiger charge is -2.05. The molecule has 6 nitrogen and oxygen atoms in total. The van der Waals surface area contributed by atoms with E-state index in [9.17, 15) is 4.79 Å². The minimum Gasteiger partial charge on any atom is -0.460 e. The van der Waals surface area contributed by atoms with Crippen molar-refractivity contribution >= 4 is 12.1 Å². The van der Waals surface area contributed by atoms with Gasteiger partial charge < -0.3 is 9.58 Å². The van der Waals surface area contributed by atoms with E-state index in [4.69, 9.17) is 26.2 Å². The van der Waals surface area contributed by atoms with Crippen LogP contribution in [0, 0.1) is 17.9 Å². The van der Waals surface area contributed by atoms with Crippen molar-refractivity contribution in [3.63, 3.8) is 0 Å². The molecule has 1 atom stereocenters. The molecule has 0 saturated carbocycles. The van der Waals surface area contributed by atoms with E-state index in [1.807, 2.05) is 13.0 Å². The molecule has 0 aliphatic carbocycles. The van der Waals surface area contributed by atoms with Gasteiger partial charge in [0.05, 0.1) is 12.7 Å². The average Bonchev–Trinajstić information content (AvgIpc) is 2.97. The summed E-state index contributed by atoms with van der Waals surface area (Å²) in [5.41, 5.74) is 0. The fourth-order valence-corrected chi connectivity index (χ4v) is 3.68. The first-order chi connectivity index (χ1) is 20.0. The van der Waals surface area contributed by atoms with E-state index in [1.54, 1.807) is 6.92 Å². The lowest BCUT2D eigenvalue weighted by molar-refractivity contribution is -0.191. The Hall–Kier alpha value is -2.69. The third kappa shape index (κ3) is 50.6. The van der Waals surface area contributed by atoms with Gasteiger partial charge in [-0.05, 0) is 58.3 Å². The maximum Gasteiger partial charge on any atom is 0.390 e. The molecule has 0 rings (SSSR count). The van der Waals surface area contributed by atoms with Crippen LogP contribution in [0.15, 0.2) is 24.3 Å². The molecule has 0 N–H and O–H groups in total. The molecule has 0 bridgehead atoms. The topological polar surface area (TPSA) is 88.6 Å². The summed E-state index contributed by atoms with van der Waals surface area (Å²) in [6, 6.07) is 1.43. The monoisotopic (exact) mass is 574 g/mol. The number of allylic oxidation sites excluding steroid dienone is 4. The molecule has 0 amide bonds. The fourth-order valence-electron chi connectivity index (χ4n) is 3.68. The summed E-state index contributed by atoms with van der Waals surface area (Å²) in [5.74, 6) is -0.356. The Kier molecular flexibility index (Phi) is 52.1. The highest BCUT2D eigenvalue weighted by atomic mass is 16.5. The number of rotatable bonds is 22. The Morgan fingerprint density at radius 2 is 1.17 bits per heavy atom. The van der Waals surface area contributed by atoms with Gasteiger partial charge in [0.15, 0.2) is 0 Å². The minimum atomic E-state index is -0.589. The van der Waals surface area contributed by atoms with Crippen molar-refractivity contribution in [1.82, 2.24) is 0 Å². The maximum atomic E-state index is 11.4. The summed E-state index contributed by atoms with van der Waals surface area (Å²) in [7, 11) is 0. The number of hydrogen-bond acceptors (Lipinski definition) is 5. The third-order valence-corrected chi connectivity index (χ3v) is 5.95. The van der Waals surface area contributed by atoms with Crippen molar-refractivity contribution in [3.8, 4) is 6.07 Å². The second-order valence-electron chi connectivity index (χ2n) is 9.76. The molecule has 0 saturated heterocycles. The number of nitriles is 1. The Morgan fingerprint density at radius 3 is 1.51 bits per heavy atom. The highest BCUT2D eigenvalue weighted by Gasteiger charge is 2.23. The average molecular weight is 575 g/mol. The highest BCUT2D eigenvalue weighted by Crippen LogP contribution is 2.12. The molecule has 41 heavy (non-hydrogen) atoms. The Labute approximate surface area is 253 Å². The highest BCUT2D eigenvalue weighted by molar-refractivity contribution is 5.77. The number of carbonyl (C=O) groups is 1. The van der Waals surface area contributed by atoms with Gasteiger partial charge in [0, 0.05) is 12.8 Å². The lowest BCUT2D eigenvalue weighted by atomic mass is 10.1. The molecule has 0 aliphatic heterocycles. The molecular formula is C35H62N2O4. The largest absolute Gasteiger partial charge is 0.460 e. The molecule has 0 fully saturated rings. The Bertz CT molecular complexity index is 683. The zero-order valence-electron chi connectivity index (χ0n) is 27.3. The normalized spacial score (nSPS) is 10.5. The van der Waals surface area contributed by atoms with Crippen LogP contribution >= 0.6 is 0 Å². The van der Waals surface area contributed by atoms with Crippen molar-refractivity contribution in [2.24, 2.45) is 0 Å². The van der Waals surface area contributed by atoms with Gasteiger partial charge in [-0.3, -0.25) is 0 Å². The van der Waals surface area contributed by atoms with E-state index < -0.39 is 6.04 Å². The maximum absolute atomic E-state index is 11.4. The van der Waals surface area contributed by atoms with Crippen LogP contribution in [0.5, 0.6) is 0 Å². The molecule has 0 heterocycles. The molecule has 1 unspecified atom stereocenters. The van der Waals surface area contributed by atoms with Gasteiger partial charge in [-0.1, -0.05) is 116 Å². The van der Waals surface area contributed by atoms with Crippen molar-refractivity contribution < 1.29 is 19.1 Å². The van der Waals surface area contributed by atoms with E-state index >= 15 is 0 Å². The summed E-state index contributed by atoms with van der Waals surface area (Å²) in [5, 5.41) is 7.82. The predicted octanol–water partition coefficient (Wildman–Crippen LogP) is 10.7. The molecule has 6 heteroatoms. The van der Waals surface area contributed by atoms with Crippen LogP contribution in [-0.2, 0) is 19.1 Å². The molecule has 0 radical (unpaired) electrons. The molecule has 0 aromatic carbocycles. The number of carbonyl (C=O) groups excluding carboxylic acids is 3. The van der Waals surface area contributed by atoms with Gasteiger partial charge >= 0.3 is 18.2 Å². The summed E-state index contributed by atoms with van der Waals surface area (Å²) >= 11 is 0. The standard InChI is InChI=1S/C17H29NO2.C13H26.C4H7N.CO2/c1-4-6-7-8-9-10-11-12-13-14-15-16(18-3)17(19)20-5-2;1-3-5-7-9-11-13-12-10-8-6-4-2;1-2-3-4-5;2-1-3/h6-7,16H,4-5,8-15H2,1-2H3;5,7H,3-4,6,8-13H2,1-2H3;2-3H2,1H3;/b7-6-;7-5-;;. The van der Waals surface area contributed by atoms with E-state index in [0.717, 1.165) is 25.7 Å². The second kappa shape index (κ2) is 47.1. The second-order valence-corrected chi connectivity index (χ2v) is 9.76. The lowest BCUT2D eigenvalue weighted by Crippen LogP contribution is -2.19. The Balaban J connectivity index is -0.000000277. The molecule has 0 aromatic rings. The van der Waals surface area contributed by atoms with Gasteiger partial charge in [0.2, 0.25) is 0 Å². The third-order valence-electron chi connectivity index (χ3n) is 5.95. The van der Waals surface area contributed by atoms with E-state index in [0.29, 0.717) is 19.4 Å². The predicted molar refractivity (Wildman–Crippen MR) is 171 cm³/mol. The van der Waals surface area contributed by atoms with Gasteiger partial charge in [-0.15, -0.1) is 0 Å². The van der Waals surface area contributed by atoms with Gasteiger partial charge in [0.25, 0.3) is 0 Å². The quantitative estimate of drug-likeness (QED) is 0.0555. The molecule has 236 valence electrons. The summed E-state index contributed by atoms with van der Waals surface area (Å²) in [4.78, 5) is 31.0. The van der Waals surface area contributed by atoms with Gasteiger partial charge in [-0.25, -0.2) is 11.4 Å². The van der Waals surface area contributed by atoms with E-state index in [-0.39, 0.29) is 12.1 Å². The first-order valence-corrected chi connectivity index (χ1v) is 16.2. The number of esters is 1. The first-order valence-electron chi connectivity index (χ1n) is 16.2. The van der Waals surface area contributed by atoms with Crippen molar-refractivity contribution in [1.29, 1.82) is 5.26 Å². The van der Waals surface area contributed by atoms with Crippen LogP contribution < -0.4 is 0 Å². The molecule has 0 spiro atoms. The summed E-state index contributed by atoms with van der Waals surface area (Å²) < 4.78 is 4.88.